The van der Waals surface area contributed by atoms with E-state index in [1.54, 1.807) is 23.5 Å². The fraction of sp³-hybridized carbons (Fsp3) is 0.357. The van der Waals surface area contributed by atoms with Crippen LogP contribution in [0.25, 0.3) is 0 Å². The molecule has 1 N–H and O–H groups in total. The predicted octanol–water partition coefficient (Wildman–Crippen LogP) is 3.08. The molecule has 1 amide bonds. The number of carbonyl (C=O) groups excluding carboxylic acids is 2. The SMILES string of the molecule is CC(=O)c1ccc(C(=O)NCCCc2nc(C)cs2)s1. The monoisotopic (exact) mass is 308 g/mol. The number of thiazole rings is 1. The molecule has 4 nitrogen and oxygen atoms in total. The number of aromatic nitrogens is 1. The zero-order valence-corrected chi connectivity index (χ0v) is 13.1. The summed E-state index contributed by atoms with van der Waals surface area (Å²) in [6.45, 7) is 4.10. The zero-order valence-electron chi connectivity index (χ0n) is 11.4. The molecule has 0 atom stereocenters. The minimum Gasteiger partial charge on any atom is -0.351 e. The third kappa shape index (κ3) is 3.98. The van der Waals surface area contributed by atoms with Gasteiger partial charge in [-0.3, -0.25) is 9.59 Å². The molecular weight excluding hydrogens is 292 g/mol. The van der Waals surface area contributed by atoms with E-state index in [-0.39, 0.29) is 11.7 Å². The number of thiophene rings is 1. The average Bonchev–Trinajstić information content (AvgIpc) is 3.03. The number of hydrogen-bond donors (Lipinski definition) is 1. The summed E-state index contributed by atoms with van der Waals surface area (Å²) >= 11 is 2.89. The molecule has 0 saturated carbocycles. The second kappa shape index (κ2) is 6.76. The van der Waals surface area contributed by atoms with Crippen molar-refractivity contribution in [3.63, 3.8) is 0 Å². The van der Waals surface area contributed by atoms with Crippen molar-refractivity contribution in [3.8, 4) is 0 Å². The van der Waals surface area contributed by atoms with Gasteiger partial charge >= 0.3 is 0 Å². The Balaban J connectivity index is 1.75. The fourth-order valence-electron chi connectivity index (χ4n) is 1.70. The van der Waals surface area contributed by atoms with Crippen LogP contribution in [0.2, 0.25) is 0 Å². The van der Waals surface area contributed by atoms with Gasteiger partial charge in [-0.1, -0.05) is 0 Å². The number of Topliss-reactive ketones (excluding diaryl/α,β-unsaturated/α-hetero) is 1. The van der Waals surface area contributed by atoms with E-state index in [0.717, 1.165) is 23.5 Å². The lowest BCUT2D eigenvalue weighted by atomic mass is 10.3. The molecule has 0 radical (unpaired) electrons. The van der Waals surface area contributed by atoms with Gasteiger partial charge in [-0.25, -0.2) is 4.98 Å². The molecule has 0 unspecified atom stereocenters. The molecule has 2 aromatic rings. The van der Waals surface area contributed by atoms with Crippen molar-refractivity contribution in [2.24, 2.45) is 0 Å². The molecule has 0 aromatic carbocycles. The van der Waals surface area contributed by atoms with Gasteiger partial charge in [0, 0.05) is 24.0 Å². The number of nitrogens with one attached hydrogen (secondary N) is 1. The van der Waals surface area contributed by atoms with Crippen molar-refractivity contribution in [2.75, 3.05) is 6.54 Å². The molecule has 0 saturated heterocycles. The van der Waals surface area contributed by atoms with Gasteiger partial charge in [0.15, 0.2) is 5.78 Å². The lowest BCUT2D eigenvalue weighted by molar-refractivity contribution is 0.0956. The standard InChI is InChI=1S/C14H16N2O2S2/c1-9-8-19-13(16-9)4-3-7-15-14(18)12-6-5-11(20-12)10(2)17/h5-6,8H,3-4,7H2,1-2H3,(H,15,18). The summed E-state index contributed by atoms with van der Waals surface area (Å²) in [5, 5.41) is 6.00. The molecular formula is C14H16N2O2S2. The molecule has 6 heteroatoms. The largest absolute Gasteiger partial charge is 0.351 e. The first-order valence-corrected chi connectivity index (χ1v) is 8.06. The van der Waals surface area contributed by atoms with Crippen LogP contribution in [0.1, 0.15) is 43.4 Å². The Morgan fingerprint density at radius 2 is 2.05 bits per heavy atom. The molecule has 20 heavy (non-hydrogen) atoms. The second-order valence-electron chi connectivity index (χ2n) is 4.46. The summed E-state index contributed by atoms with van der Waals surface area (Å²) in [4.78, 5) is 28.6. The van der Waals surface area contributed by atoms with E-state index in [9.17, 15) is 9.59 Å². The number of ketones is 1. The van der Waals surface area contributed by atoms with Gasteiger partial charge in [-0.05, 0) is 32.4 Å². The van der Waals surface area contributed by atoms with Crippen LogP contribution >= 0.6 is 22.7 Å². The average molecular weight is 308 g/mol. The van der Waals surface area contributed by atoms with E-state index >= 15 is 0 Å². The Labute approximate surface area is 125 Å². The van der Waals surface area contributed by atoms with Gasteiger partial charge in [0.2, 0.25) is 0 Å². The molecule has 2 heterocycles. The van der Waals surface area contributed by atoms with Crippen molar-refractivity contribution in [3.05, 3.63) is 38.0 Å². The van der Waals surface area contributed by atoms with Gasteiger partial charge in [-0.15, -0.1) is 22.7 Å². The normalized spacial score (nSPS) is 10.5. The molecule has 0 aliphatic heterocycles. The second-order valence-corrected chi connectivity index (χ2v) is 6.49. The predicted molar refractivity (Wildman–Crippen MR) is 81.8 cm³/mol. The highest BCUT2D eigenvalue weighted by atomic mass is 32.1. The molecule has 0 aliphatic rings. The highest BCUT2D eigenvalue weighted by Crippen LogP contribution is 2.16. The van der Waals surface area contributed by atoms with E-state index in [2.05, 4.69) is 10.3 Å². The molecule has 2 rings (SSSR count). The Morgan fingerprint density at radius 1 is 1.30 bits per heavy atom. The highest BCUT2D eigenvalue weighted by Gasteiger charge is 2.10. The van der Waals surface area contributed by atoms with Gasteiger partial charge in [0.1, 0.15) is 0 Å². The van der Waals surface area contributed by atoms with Gasteiger partial charge in [0.25, 0.3) is 5.91 Å². The number of carbonyl (C=O) groups is 2. The van der Waals surface area contributed by atoms with Crippen LogP contribution in [0.15, 0.2) is 17.5 Å². The molecule has 106 valence electrons. The topological polar surface area (TPSA) is 59.1 Å². The lowest BCUT2D eigenvalue weighted by Gasteiger charge is -2.02. The smallest absolute Gasteiger partial charge is 0.261 e. The van der Waals surface area contributed by atoms with Gasteiger partial charge in [0.05, 0.1) is 14.8 Å². The van der Waals surface area contributed by atoms with Crippen molar-refractivity contribution >= 4 is 34.4 Å². The summed E-state index contributed by atoms with van der Waals surface area (Å²) < 4.78 is 0. The van der Waals surface area contributed by atoms with Crippen LogP contribution in [0.3, 0.4) is 0 Å². The first kappa shape index (κ1) is 14.9. The van der Waals surface area contributed by atoms with Crippen LogP contribution < -0.4 is 5.32 Å². The number of hydrogen-bond acceptors (Lipinski definition) is 5. The molecule has 2 aromatic heterocycles. The Kier molecular flexibility index (Phi) is 5.03. The van der Waals surface area contributed by atoms with Crippen LogP contribution in [-0.4, -0.2) is 23.2 Å². The van der Waals surface area contributed by atoms with E-state index in [4.69, 9.17) is 0 Å². The minimum absolute atomic E-state index is 0.00631. The lowest BCUT2D eigenvalue weighted by Crippen LogP contribution is -2.23. The Bertz CT molecular complexity index is 616. The fourth-order valence-corrected chi connectivity index (χ4v) is 3.33. The molecule has 0 aliphatic carbocycles. The third-order valence-electron chi connectivity index (χ3n) is 2.70. The van der Waals surface area contributed by atoms with Crippen LogP contribution in [-0.2, 0) is 6.42 Å². The molecule has 0 spiro atoms. The van der Waals surface area contributed by atoms with Crippen molar-refractivity contribution in [2.45, 2.75) is 26.7 Å². The Hall–Kier alpha value is -1.53. The van der Waals surface area contributed by atoms with E-state index in [0.29, 0.717) is 16.3 Å². The third-order valence-corrected chi connectivity index (χ3v) is 4.91. The first-order chi connectivity index (χ1) is 9.56. The zero-order chi connectivity index (χ0) is 14.5. The summed E-state index contributed by atoms with van der Waals surface area (Å²) in [6, 6.07) is 3.39. The quantitative estimate of drug-likeness (QED) is 0.659. The van der Waals surface area contributed by atoms with E-state index in [1.165, 1.54) is 18.3 Å². The number of nitrogens with zero attached hydrogens (tertiary/aromatic N) is 1. The van der Waals surface area contributed by atoms with Crippen molar-refractivity contribution in [1.82, 2.24) is 10.3 Å². The minimum atomic E-state index is -0.113. The summed E-state index contributed by atoms with van der Waals surface area (Å²) in [7, 11) is 0. The number of aryl methyl sites for hydroxylation is 2. The Morgan fingerprint density at radius 3 is 2.65 bits per heavy atom. The maximum Gasteiger partial charge on any atom is 0.261 e. The number of amides is 1. The summed E-state index contributed by atoms with van der Waals surface area (Å²) in [6.07, 6.45) is 1.74. The number of rotatable bonds is 6. The van der Waals surface area contributed by atoms with Crippen LogP contribution in [0.5, 0.6) is 0 Å². The summed E-state index contributed by atoms with van der Waals surface area (Å²) in [5.74, 6) is -0.119. The van der Waals surface area contributed by atoms with Crippen LogP contribution in [0.4, 0.5) is 0 Å². The maximum atomic E-state index is 11.9. The molecule has 0 bridgehead atoms. The van der Waals surface area contributed by atoms with Gasteiger partial charge < -0.3 is 5.32 Å². The molecule has 0 fully saturated rings. The highest BCUT2D eigenvalue weighted by molar-refractivity contribution is 7.16. The summed E-state index contributed by atoms with van der Waals surface area (Å²) in [5.41, 5.74) is 1.05. The van der Waals surface area contributed by atoms with E-state index in [1.807, 2.05) is 12.3 Å². The van der Waals surface area contributed by atoms with Crippen LogP contribution in [0, 0.1) is 6.92 Å². The maximum absolute atomic E-state index is 11.9. The van der Waals surface area contributed by atoms with Crippen molar-refractivity contribution < 1.29 is 9.59 Å². The van der Waals surface area contributed by atoms with E-state index < -0.39 is 0 Å². The van der Waals surface area contributed by atoms with Gasteiger partial charge in [-0.2, -0.15) is 0 Å². The first-order valence-electron chi connectivity index (χ1n) is 6.36. The van der Waals surface area contributed by atoms with Crippen molar-refractivity contribution in [1.29, 1.82) is 0 Å².